The third kappa shape index (κ3) is 7.93. The van der Waals surface area contributed by atoms with Crippen LogP contribution in [0.2, 0.25) is 0 Å². The number of aromatic nitrogens is 2. The number of rotatable bonds is 10. The molecule has 6 heterocycles. The first kappa shape index (κ1) is 41.9. The number of nitrogens with one attached hydrogen (secondary N) is 1. The van der Waals surface area contributed by atoms with Gasteiger partial charge in [-0.3, -0.25) is 24.6 Å². The molecular weight excluding hydrogens is 817 g/mol. The SMILES string of the molecule is C[C@@H]1C/[N+](=C/C2CCC(=O)NC2=O)c2cccc(C3CCN(CC(=O)N4CCC(Oc5cccc(CC67C[C@H]8CN(c9cc(-c%10ccccc%10O)nnc9N)CC[C@H]6C87)c5)CC4)CC3)c21. The molecule has 4 saturated heterocycles. The van der Waals surface area contributed by atoms with Crippen molar-refractivity contribution < 1.29 is 28.8 Å². The van der Waals surface area contributed by atoms with Gasteiger partial charge in [-0.1, -0.05) is 43.3 Å². The van der Waals surface area contributed by atoms with E-state index in [0.717, 1.165) is 102 Å². The molecule has 0 bridgehead atoms. The number of nitrogens with zero attached hydrogens (tertiary/aromatic N) is 6. The lowest BCUT2D eigenvalue weighted by Gasteiger charge is -2.40. The van der Waals surface area contributed by atoms with Gasteiger partial charge in [0.1, 0.15) is 23.5 Å². The molecule has 1 aromatic heterocycles. The summed E-state index contributed by atoms with van der Waals surface area (Å²) in [5.41, 5.74) is 14.3. The Morgan fingerprint density at radius 1 is 0.954 bits per heavy atom. The third-order valence-corrected chi connectivity index (χ3v) is 16.3. The molecule has 7 aliphatic rings. The number of hydrogen-bond acceptors (Lipinski definition) is 10. The summed E-state index contributed by atoms with van der Waals surface area (Å²) in [5.74, 6) is 3.99. The van der Waals surface area contributed by atoms with Gasteiger partial charge in [-0.05, 0) is 122 Å². The average molecular weight is 878 g/mol. The van der Waals surface area contributed by atoms with Gasteiger partial charge in [0.25, 0.3) is 0 Å². The number of benzene rings is 3. The summed E-state index contributed by atoms with van der Waals surface area (Å²) in [6.45, 7) is 8.73. The van der Waals surface area contributed by atoms with Crippen molar-refractivity contribution in [2.75, 3.05) is 63.0 Å². The van der Waals surface area contributed by atoms with E-state index in [1.165, 1.54) is 28.8 Å². The van der Waals surface area contributed by atoms with Crippen LogP contribution >= 0.6 is 0 Å². The smallest absolute Gasteiger partial charge is 0.239 e. The minimum atomic E-state index is -0.285. The summed E-state index contributed by atoms with van der Waals surface area (Å²) in [4.78, 5) is 44.6. The largest absolute Gasteiger partial charge is 0.507 e. The molecule has 2 saturated carbocycles. The molecule has 13 heteroatoms. The van der Waals surface area contributed by atoms with Gasteiger partial charge in [-0.25, -0.2) is 4.58 Å². The fraction of sp³-hybridized carbons (Fsp3) is 0.500. The third-order valence-electron chi connectivity index (χ3n) is 16.3. The molecule has 0 radical (unpaired) electrons. The zero-order valence-corrected chi connectivity index (χ0v) is 37.4. The average Bonchev–Trinajstić information content (AvgIpc) is 3.71. The molecule has 2 aliphatic carbocycles. The fourth-order valence-electron chi connectivity index (χ4n) is 13.1. The van der Waals surface area contributed by atoms with Gasteiger partial charge >= 0.3 is 0 Å². The van der Waals surface area contributed by atoms with Crippen LogP contribution < -0.4 is 20.7 Å². The quantitative estimate of drug-likeness (QED) is 0.123. The number of carbonyl (C=O) groups excluding carboxylic acids is 3. The molecule has 3 unspecified atom stereocenters. The molecule has 5 aliphatic heterocycles. The number of fused-ring (bicyclic) bond motifs is 2. The monoisotopic (exact) mass is 877 g/mol. The number of ether oxygens (including phenoxy) is 1. The van der Waals surface area contributed by atoms with Crippen LogP contribution in [0.25, 0.3) is 11.3 Å². The summed E-state index contributed by atoms with van der Waals surface area (Å²) in [6, 6.07) is 24.6. The highest BCUT2D eigenvalue weighted by atomic mass is 16.5. The van der Waals surface area contributed by atoms with Crippen LogP contribution in [-0.4, -0.2) is 112 Å². The number of hydrogen-bond donors (Lipinski definition) is 3. The molecule has 65 heavy (non-hydrogen) atoms. The highest BCUT2D eigenvalue weighted by Crippen LogP contribution is 2.78. The van der Waals surface area contributed by atoms with E-state index in [2.05, 4.69) is 79.3 Å². The lowest BCUT2D eigenvalue weighted by Crippen LogP contribution is -2.47. The minimum absolute atomic E-state index is 0.100. The summed E-state index contributed by atoms with van der Waals surface area (Å²) in [6.07, 6.45) is 10.2. The predicted octanol–water partition coefficient (Wildman–Crippen LogP) is 6.27. The van der Waals surface area contributed by atoms with E-state index in [1.54, 1.807) is 12.1 Å². The molecule has 11 rings (SSSR count). The van der Waals surface area contributed by atoms with E-state index in [1.807, 2.05) is 29.3 Å². The van der Waals surface area contributed by atoms with Gasteiger partial charge in [0.05, 0.1) is 17.9 Å². The maximum Gasteiger partial charge on any atom is 0.239 e. The number of nitrogens with two attached hydrogens (primary N) is 1. The van der Waals surface area contributed by atoms with Gasteiger partial charge in [0, 0.05) is 68.6 Å². The minimum Gasteiger partial charge on any atom is -0.507 e. The first-order chi connectivity index (χ1) is 31.6. The molecule has 3 aromatic carbocycles. The topological polar surface area (TPSA) is 157 Å². The highest BCUT2D eigenvalue weighted by molar-refractivity contribution is 6.04. The van der Waals surface area contributed by atoms with Crippen molar-refractivity contribution >= 4 is 41.1 Å². The second kappa shape index (κ2) is 16.9. The van der Waals surface area contributed by atoms with Crippen molar-refractivity contribution in [1.82, 2.24) is 25.3 Å². The number of piperidine rings is 3. The summed E-state index contributed by atoms with van der Waals surface area (Å²) in [5, 5.41) is 21.5. The number of imide groups is 1. The maximum atomic E-state index is 13.6. The van der Waals surface area contributed by atoms with Gasteiger partial charge in [-0.2, -0.15) is 0 Å². The van der Waals surface area contributed by atoms with Crippen molar-refractivity contribution in [2.24, 2.45) is 29.1 Å². The van der Waals surface area contributed by atoms with Crippen molar-refractivity contribution in [3.63, 3.8) is 0 Å². The summed E-state index contributed by atoms with van der Waals surface area (Å²) >= 11 is 0. The number of carbonyl (C=O) groups is 3. The zero-order chi connectivity index (χ0) is 44.4. The van der Waals surface area contributed by atoms with Crippen LogP contribution in [0.1, 0.15) is 86.8 Å². The summed E-state index contributed by atoms with van der Waals surface area (Å²) < 4.78 is 8.83. The molecule has 4 aromatic rings. The van der Waals surface area contributed by atoms with Crippen LogP contribution in [0.5, 0.6) is 11.5 Å². The number of nitrogen functional groups attached to an aromatic ring is 1. The predicted molar refractivity (Wildman–Crippen MR) is 248 cm³/mol. The number of anilines is 2. The highest BCUT2D eigenvalue weighted by Gasteiger charge is 2.74. The Bertz CT molecular complexity index is 2540. The van der Waals surface area contributed by atoms with E-state index in [0.29, 0.717) is 65.5 Å². The van der Waals surface area contributed by atoms with Crippen LogP contribution in [0.15, 0.2) is 72.8 Å². The van der Waals surface area contributed by atoms with Crippen LogP contribution in [0, 0.1) is 29.1 Å². The number of phenols is 1. The second-order valence-corrected chi connectivity index (χ2v) is 20.2. The Morgan fingerprint density at radius 3 is 2.58 bits per heavy atom. The first-order valence-electron chi connectivity index (χ1n) is 24.1. The number of amides is 3. The Kier molecular flexibility index (Phi) is 10.9. The van der Waals surface area contributed by atoms with Crippen molar-refractivity contribution in [2.45, 2.75) is 82.7 Å². The van der Waals surface area contributed by atoms with Crippen molar-refractivity contribution in [3.05, 3.63) is 89.5 Å². The molecular formula is C52H61N8O5+. The standard InChI is InChI=1S/C52H60N8O5/c1-32-28-60(29-35-12-13-46(62)54-51(35)64)43-10-5-9-39(48(32)43)34-14-19-57(20-15-34)31-47(63)58-21-16-37(17-22-58)65-38-7-4-6-33(24-38)26-52-27-36-30-59(23-18-41(52)49(36)52)44-25-42(55-56-50(44)53)40-8-2-3-11-45(40)61/h2-11,24-25,29,32,34-37,41,49H,12-23,26-28,30-31H2,1H3,(H3-,53,54,55,56,61,62,64)/p+1/b60-29-/t32-,35?,36+,41+,49?,52?/m1/s1. The van der Waals surface area contributed by atoms with Gasteiger partial charge < -0.3 is 25.4 Å². The molecule has 338 valence electrons. The Labute approximate surface area is 381 Å². The fourth-order valence-corrected chi connectivity index (χ4v) is 13.1. The first-order valence-corrected chi connectivity index (χ1v) is 24.1. The van der Waals surface area contributed by atoms with Gasteiger partial charge in [-0.15, -0.1) is 10.2 Å². The van der Waals surface area contributed by atoms with E-state index in [-0.39, 0.29) is 35.5 Å². The van der Waals surface area contributed by atoms with E-state index >= 15 is 0 Å². The molecule has 4 N–H and O–H groups in total. The second-order valence-electron chi connectivity index (χ2n) is 20.2. The number of para-hydroxylation sites is 1. The molecule has 6 atom stereocenters. The molecule has 6 fully saturated rings. The molecule has 0 spiro atoms. The number of aromatic hydroxyl groups is 1. The Balaban J connectivity index is 0.638. The van der Waals surface area contributed by atoms with E-state index in [4.69, 9.17) is 10.5 Å². The van der Waals surface area contributed by atoms with Gasteiger partial charge in [0.15, 0.2) is 18.6 Å². The van der Waals surface area contributed by atoms with E-state index < -0.39 is 0 Å². The van der Waals surface area contributed by atoms with Crippen LogP contribution in [0.3, 0.4) is 0 Å². The lowest BCUT2D eigenvalue weighted by molar-refractivity contribution is -0.429. The molecule has 3 amide bonds. The maximum absolute atomic E-state index is 13.6. The summed E-state index contributed by atoms with van der Waals surface area (Å²) in [7, 11) is 0. The molecule has 13 nitrogen and oxygen atoms in total. The normalized spacial score (nSPS) is 28.6. The van der Waals surface area contributed by atoms with Gasteiger partial charge in [0.2, 0.25) is 23.4 Å². The lowest BCUT2D eigenvalue weighted by atomic mass is 9.71. The zero-order valence-electron chi connectivity index (χ0n) is 37.4. The Morgan fingerprint density at radius 2 is 1.77 bits per heavy atom. The Hall–Kier alpha value is -5.82. The number of phenolic OH excluding ortho intramolecular Hbond substituents is 1. The van der Waals surface area contributed by atoms with Crippen molar-refractivity contribution in [1.29, 1.82) is 0 Å². The van der Waals surface area contributed by atoms with E-state index in [9.17, 15) is 19.5 Å². The van der Waals surface area contributed by atoms with Crippen LogP contribution in [0.4, 0.5) is 17.2 Å². The van der Waals surface area contributed by atoms with Crippen LogP contribution in [-0.2, 0) is 20.8 Å². The van der Waals surface area contributed by atoms with Crippen molar-refractivity contribution in [3.8, 4) is 22.8 Å². The number of likely N-dealkylation sites (tertiary alicyclic amines) is 2.